The summed E-state index contributed by atoms with van der Waals surface area (Å²) in [4.78, 5) is 2.58. The van der Waals surface area contributed by atoms with E-state index in [4.69, 9.17) is 5.73 Å². The van der Waals surface area contributed by atoms with Crippen LogP contribution in [-0.2, 0) is 6.42 Å². The Morgan fingerprint density at radius 1 is 1.29 bits per heavy atom. The molecule has 1 aliphatic rings. The van der Waals surface area contributed by atoms with E-state index in [-0.39, 0.29) is 0 Å². The van der Waals surface area contributed by atoms with Gasteiger partial charge in [0, 0.05) is 6.54 Å². The zero-order valence-electron chi connectivity index (χ0n) is 10.9. The number of nitrogens with zero attached hydrogens (tertiary/aromatic N) is 1. The molecule has 0 spiro atoms. The van der Waals surface area contributed by atoms with Crippen molar-refractivity contribution >= 4 is 0 Å². The molecule has 0 atom stereocenters. The second-order valence-electron chi connectivity index (χ2n) is 5.26. The van der Waals surface area contributed by atoms with Gasteiger partial charge in [-0.15, -0.1) is 0 Å². The molecular formula is C15H24N2. The molecule has 2 N–H and O–H groups in total. The summed E-state index contributed by atoms with van der Waals surface area (Å²) in [6, 6.07) is 8.85. The van der Waals surface area contributed by atoms with Crippen molar-refractivity contribution in [3.8, 4) is 0 Å². The van der Waals surface area contributed by atoms with Crippen molar-refractivity contribution in [3.63, 3.8) is 0 Å². The van der Waals surface area contributed by atoms with Crippen molar-refractivity contribution in [1.29, 1.82) is 0 Å². The first-order chi connectivity index (χ1) is 8.28. The molecule has 0 aliphatic carbocycles. The summed E-state index contributed by atoms with van der Waals surface area (Å²) in [5.74, 6) is 0.769. The maximum atomic E-state index is 5.71. The zero-order valence-corrected chi connectivity index (χ0v) is 10.9. The maximum Gasteiger partial charge on any atom is 0.00218 e. The normalized spacial score (nSPS) is 18.5. The zero-order chi connectivity index (χ0) is 12.1. The monoisotopic (exact) mass is 232 g/mol. The van der Waals surface area contributed by atoms with Crippen LogP contribution in [0.4, 0.5) is 0 Å². The van der Waals surface area contributed by atoms with Crippen LogP contribution in [0.5, 0.6) is 0 Å². The molecule has 1 fully saturated rings. The Labute approximate surface area is 105 Å². The minimum absolute atomic E-state index is 0.769. The minimum Gasteiger partial charge on any atom is -0.330 e. The number of likely N-dealkylation sites (tertiary alicyclic amines) is 1. The van der Waals surface area contributed by atoms with Crippen molar-refractivity contribution in [2.24, 2.45) is 11.7 Å². The van der Waals surface area contributed by atoms with Crippen molar-refractivity contribution in [3.05, 3.63) is 35.4 Å². The first-order valence-electron chi connectivity index (χ1n) is 6.76. The second-order valence-corrected chi connectivity index (χ2v) is 5.26. The largest absolute Gasteiger partial charge is 0.330 e. The fourth-order valence-electron chi connectivity index (χ4n) is 2.60. The maximum absolute atomic E-state index is 5.71. The minimum atomic E-state index is 0.769. The van der Waals surface area contributed by atoms with Gasteiger partial charge in [-0.25, -0.2) is 0 Å². The number of hydrogen-bond acceptors (Lipinski definition) is 2. The Kier molecular flexibility index (Phi) is 4.57. The average Bonchev–Trinajstić information content (AvgIpc) is 2.37. The van der Waals surface area contributed by atoms with Gasteiger partial charge in [-0.1, -0.05) is 29.8 Å². The molecule has 1 aromatic carbocycles. The van der Waals surface area contributed by atoms with Crippen LogP contribution < -0.4 is 5.73 Å². The third-order valence-electron chi connectivity index (χ3n) is 3.84. The number of nitrogens with two attached hydrogens (primary N) is 1. The third kappa shape index (κ3) is 3.83. The van der Waals surface area contributed by atoms with Gasteiger partial charge >= 0.3 is 0 Å². The molecule has 1 aliphatic heterocycles. The van der Waals surface area contributed by atoms with Crippen LogP contribution in [0.1, 0.15) is 24.0 Å². The predicted molar refractivity (Wildman–Crippen MR) is 73.1 cm³/mol. The Morgan fingerprint density at radius 2 is 2.06 bits per heavy atom. The van der Waals surface area contributed by atoms with E-state index < -0.39 is 0 Å². The lowest BCUT2D eigenvalue weighted by Gasteiger charge is -2.31. The van der Waals surface area contributed by atoms with Crippen LogP contribution in [0.2, 0.25) is 0 Å². The van der Waals surface area contributed by atoms with E-state index in [2.05, 4.69) is 36.1 Å². The number of piperidine rings is 1. The van der Waals surface area contributed by atoms with Crippen LogP contribution in [-0.4, -0.2) is 31.1 Å². The van der Waals surface area contributed by atoms with Gasteiger partial charge < -0.3 is 10.6 Å². The molecule has 1 saturated heterocycles. The van der Waals surface area contributed by atoms with Gasteiger partial charge in [0.15, 0.2) is 0 Å². The lowest BCUT2D eigenvalue weighted by atomic mass is 9.97. The van der Waals surface area contributed by atoms with Gasteiger partial charge in [0.2, 0.25) is 0 Å². The van der Waals surface area contributed by atoms with E-state index >= 15 is 0 Å². The summed E-state index contributed by atoms with van der Waals surface area (Å²) >= 11 is 0. The fourth-order valence-corrected chi connectivity index (χ4v) is 2.60. The first-order valence-corrected chi connectivity index (χ1v) is 6.76. The summed E-state index contributed by atoms with van der Waals surface area (Å²) in [6.45, 7) is 6.68. The molecule has 0 bridgehead atoms. The van der Waals surface area contributed by atoms with Gasteiger partial charge in [0.25, 0.3) is 0 Å². The SMILES string of the molecule is Cc1cccc(CCN2CCC(CN)CC2)c1. The Bertz CT molecular complexity index is 341. The van der Waals surface area contributed by atoms with E-state index in [9.17, 15) is 0 Å². The molecule has 1 aromatic rings. The molecule has 0 unspecified atom stereocenters. The van der Waals surface area contributed by atoms with Crippen molar-refractivity contribution in [2.75, 3.05) is 26.2 Å². The molecule has 2 nitrogen and oxygen atoms in total. The molecule has 0 aromatic heterocycles. The van der Waals surface area contributed by atoms with Gasteiger partial charge in [-0.3, -0.25) is 0 Å². The smallest absolute Gasteiger partial charge is 0.00218 e. The van der Waals surface area contributed by atoms with Crippen molar-refractivity contribution in [1.82, 2.24) is 4.90 Å². The fraction of sp³-hybridized carbons (Fsp3) is 0.600. The highest BCUT2D eigenvalue weighted by molar-refractivity contribution is 5.22. The number of rotatable bonds is 4. The van der Waals surface area contributed by atoms with Crippen LogP contribution in [0, 0.1) is 12.8 Å². The molecule has 2 rings (SSSR count). The number of hydrogen-bond donors (Lipinski definition) is 1. The average molecular weight is 232 g/mol. The lowest BCUT2D eigenvalue weighted by molar-refractivity contribution is 0.189. The summed E-state index contributed by atoms with van der Waals surface area (Å²) in [5, 5.41) is 0. The van der Waals surface area contributed by atoms with E-state index in [0.717, 1.165) is 12.5 Å². The van der Waals surface area contributed by atoms with Crippen molar-refractivity contribution in [2.45, 2.75) is 26.2 Å². The molecule has 1 heterocycles. The molecule has 94 valence electrons. The van der Waals surface area contributed by atoms with Gasteiger partial charge in [-0.05, 0) is 57.3 Å². The van der Waals surface area contributed by atoms with E-state index in [1.165, 1.54) is 50.0 Å². The molecule has 0 amide bonds. The Morgan fingerprint density at radius 3 is 2.71 bits per heavy atom. The Hall–Kier alpha value is -0.860. The second kappa shape index (κ2) is 6.18. The third-order valence-corrected chi connectivity index (χ3v) is 3.84. The highest BCUT2D eigenvalue weighted by atomic mass is 15.1. The summed E-state index contributed by atoms with van der Waals surface area (Å²) in [7, 11) is 0. The van der Waals surface area contributed by atoms with Crippen LogP contribution in [0.25, 0.3) is 0 Å². The highest BCUT2D eigenvalue weighted by Gasteiger charge is 2.17. The van der Waals surface area contributed by atoms with Gasteiger partial charge in [-0.2, -0.15) is 0 Å². The first kappa shape index (κ1) is 12.6. The van der Waals surface area contributed by atoms with Crippen LogP contribution in [0.15, 0.2) is 24.3 Å². The summed E-state index contributed by atoms with van der Waals surface area (Å²) in [6.07, 6.45) is 3.74. The molecule has 0 saturated carbocycles. The standard InChI is InChI=1S/C15H24N2/c1-13-3-2-4-14(11-13)5-8-17-9-6-15(12-16)7-10-17/h2-4,11,15H,5-10,12,16H2,1H3. The van der Waals surface area contributed by atoms with Gasteiger partial charge in [0.05, 0.1) is 0 Å². The Balaban J connectivity index is 1.76. The molecule has 2 heteroatoms. The summed E-state index contributed by atoms with van der Waals surface area (Å²) < 4.78 is 0. The molecule has 0 radical (unpaired) electrons. The van der Waals surface area contributed by atoms with Crippen molar-refractivity contribution < 1.29 is 0 Å². The number of aryl methyl sites for hydroxylation is 1. The van der Waals surface area contributed by atoms with E-state index in [0.29, 0.717) is 0 Å². The lowest BCUT2D eigenvalue weighted by Crippen LogP contribution is -2.37. The van der Waals surface area contributed by atoms with Gasteiger partial charge in [0.1, 0.15) is 0 Å². The molecular weight excluding hydrogens is 208 g/mol. The van der Waals surface area contributed by atoms with E-state index in [1.54, 1.807) is 0 Å². The quantitative estimate of drug-likeness (QED) is 0.862. The van der Waals surface area contributed by atoms with Crippen LogP contribution in [0.3, 0.4) is 0 Å². The molecule has 17 heavy (non-hydrogen) atoms. The predicted octanol–water partition coefficient (Wildman–Crippen LogP) is 2.21. The topological polar surface area (TPSA) is 29.3 Å². The highest BCUT2D eigenvalue weighted by Crippen LogP contribution is 2.16. The number of benzene rings is 1. The van der Waals surface area contributed by atoms with Crippen LogP contribution >= 0.6 is 0 Å². The summed E-state index contributed by atoms with van der Waals surface area (Å²) in [5.41, 5.74) is 8.54. The van der Waals surface area contributed by atoms with E-state index in [1.807, 2.05) is 0 Å².